The number of nitrogens with zero attached hydrogens (tertiary/aromatic N) is 3. The number of aromatic nitrogens is 1. The zero-order valence-electron chi connectivity index (χ0n) is 11.8. The van der Waals surface area contributed by atoms with Gasteiger partial charge in [0.1, 0.15) is 5.01 Å². The third kappa shape index (κ3) is 3.11. The summed E-state index contributed by atoms with van der Waals surface area (Å²) < 4.78 is 0. The molecule has 108 valence electrons. The second kappa shape index (κ2) is 6.15. The number of halogens is 1. The van der Waals surface area contributed by atoms with Gasteiger partial charge in [0, 0.05) is 21.9 Å². The SMILES string of the molecule is CN1CCC(C#N)CC1c1csc(-c2ccc(Cl)cc2)n1. The highest BCUT2D eigenvalue weighted by Gasteiger charge is 2.28. The predicted molar refractivity (Wildman–Crippen MR) is 86.3 cm³/mol. The molecule has 3 nitrogen and oxygen atoms in total. The Hall–Kier alpha value is -1.41. The van der Waals surface area contributed by atoms with Gasteiger partial charge in [0.05, 0.1) is 17.8 Å². The molecule has 1 saturated heterocycles. The molecular weight excluding hydrogens is 302 g/mol. The second-order valence-corrected chi connectivity index (χ2v) is 6.73. The number of hydrogen-bond acceptors (Lipinski definition) is 4. The molecule has 2 heterocycles. The van der Waals surface area contributed by atoms with E-state index in [0.29, 0.717) is 0 Å². The largest absolute Gasteiger partial charge is 0.298 e. The zero-order valence-corrected chi connectivity index (χ0v) is 13.4. The van der Waals surface area contributed by atoms with E-state index in [1.54, 1.807) is 11.3 Å². The van der Waals surface area contributed by atoms with Crippen molar-refractivity contribution >= 4 is 22.9 Å². The van der Waals surface area contributed by atoms with E-state index in [1.165, 1.54) is 0 Å². The van der Waals surface area contributed by atoms with E-state index in [2.05, 4.69) is 23.4 Å². The van der Waals surface area contributed by atoms with Crippen LogP contribution in [-0.2, 0) is 0 Å². The van der Waals surface area contributed by atoms with Crippen molar-refractivity contribution < 1.29 is 0 Å². The third-order valence-corrected chi connectivity index (χ3v) is 5.17. The van der Waals surface area contributed by atoms with Crippen LogP contribution in [0.15, 0.2) is 29.6 Å². The van der Waals surface area contributed by atoms with Gasteiger partial charge in [-0.05, 0) is 38.6 Å². The first kappa shape index (κ1) is 14.5. The van der Waals surface area contributed by atoms with Gasteiger partial charge in [-0.1, -0.05) is 23.7 Å². The van der Waals surface area contributed by atoms with Crippen molar-refractivity contribution in [3.63, 3.8) is 0 Å². The molecule has 0 bridgehead atoms. The monoisotopic (exact) mass is 317 g/mol. The van der Waals surface area contributed by atoms with Gasteiger partial charge in [-0.2, -0.15) is 5.26 Å². The normalized spacial score (nSPS) is 22.9. The molecule has 1 aliphatic rings. The minimum absolute atomic E-state index is 0.145. The smallest absolute Gasteiger partial charge is 0.123 e. The number of benzene rings is 1. The molecule has 0 radical (unpaired) electrons. The van der Waals surface area contributed by atoms with E-state index >= 15 is 0 Å². The Balaban J connectivity index is 1.84. The molecule has 0 amide bonds. The summed E-state index contributed by atoms with van der Waals surface area (Å²) in [6.45, 7) is 0.955. The lowest BCUT2D eigenvalue weighted by atomic mass is 9.91. The Kier molecular flexibility index (Phi) is 4.25. The molecule has 2 atom stereocenters. The van der Waals surface area contributed by atoms with Gasteiger partial charge in [0.25, 0.3) is 0 Å². The maximum Gasteiger partial charge on any atom is 0.123 e. The number of thiazole rings is 1. The van der Waals surface area contributed by atoms with Crippen LogP contribution in [0.25, 0.3) is 10.6 Å². The summed E-state index contributed by atoms with van der Waals surface area (Å²) >= 11 is 7.57. The Bertz CT molecular complexity index is 659. The van der Waals surface area contributed by atoms with E-state index in [-0.39, 0.29) is 12.0 Å². The number of likely N-dealkylation sites (tertiary alicyclic amines) is 1. The summed E-state index contributed by atoms with van der Waals surface area (Å²) in [5.41, 5.74) is 2.17. The van der Waals surface area contributed by atoms with Crippen LogP contribution < -0.4 is 0 Å². The third-order valence-electron chi connectivity index (χ3n) is 4.01. The van der Waals surface area contributed by atoms with Crippen molar-refractivity contribution in [3.05, 3.63) is 40.4 Å². The van der Waals surface area contributed by atoms with Gasteiger partial charge in [-0.15, -0.1) is 11.3 Å². The summed E-state index contributed by atoms with van der Waals surface area (Å²) in [5, 5.41) is 13.0. The highest BCUT2D eigenvalue weighted by molar-refractivity contribution is 7.13. The van der Waals surface area contributed by atoms with Crippen LogP contribution in [0.4, 0.5) is 0 Å². The lowest BCUT2D eigenvalue weighted by Gasteiger charge is -2.33. The Morgan fingerprint density at radius 2 is 2.14 bits per heavy atom. The fraction of sp³-hybridized carbons (Fsp3) is 0.375. The molecule has 0 N–H and O–H groups in total. The highest BCUT2D eigenvalue weighted by Crippen LogP contribution is 2.35. The maximum atomic E-state index is 9.15. The van der Waals surface area contributed by atoms with E-state index in [4.69, 9.17) is 21.8 Å². The Labute approximate surface area is 133 Å². The lowest BCUT2D eigenvalue weighted by molar-refractivity contribution is 0.160. The zero-order chi connectivity index (χ0) is 14.8. The van der Waals surface area contributed by atoms with Gasteiger partial charge >= 0.3 is 0 Å². The van der Waals surface area contributed by atoms with Gasteiger partial charge in [0.15, 0.2) is 0 Å². The molecule has 21 heavy (non-hydrogen) atoms. The van der Waals surface area contributed by atoms with Gasteiger partial charge in [0.2, 0.25) is 0 Å². The van der Waals surface area contributed by atoms with E-state index < -0.39 is 0 Å². The highest BCUT2D eigenvalue weighted by atomic mass is 35.5. The summed E-state index contributed by atoms with van der Waals surface area (Å²) in [4.78, 5) is 7.08. The van der Waals surface area contributed by atoms with Crippen molar-refractivity contribution in [1.29, 1.82) is 5.26 Å². The molecule has 1 aliphatic heterocycles. The van der Waals surface area contributed by atoms with E-state index in [1.807, 2.05) is 24.3 Å². The van der Waals surface area contributed by atoms with Crippen LogP contribution in [0.5, 0.6) is 0 Å². The number of nitriles is 1. The molecule has 1 aromatic heterocycles. The number of piperidine rings is 1. The topological polar surface area (TPSA) is 39.9 Å². The average molecular weight is 318 g/mol. The molecule has 1 aromatic carbocycles. The maximum absolute atomic E-state index is 9.15. The quantitative estimate of drug-likeness (QED) is 0.825. The first-order valence-corrected chi connectivity index (χ1v) is 8.24. The fourth-order valence-electron chi connectivity index (χ4n) is 2.71. The first-order chi connectivity index (χ1) is 10.2. The Morgan fingerprint density at radius 1 is 1.38 bits per heavy atom. The van der Waals surface area contributed by atoms with Crippen LogP contribution in [0, 0.1) is 17.2 Å². The van der Waals surface area contributed by atoms with Crippen molar-refractivity contribution in [3.8, 4) is 16.6 Å². The molecule has 0 aliphatic carbocycles. The van der Waals surface area contributed by atoms with Gasteiger partial charge in [-0.25, -0.2) is 4.98 Å². The Morgan fingerprint density at radius 3 is 2.86 bits per heavy atom. The predicted octanol–water partition coefficient (Wildman–Crippen LogP) is 4.37. The summed E-state index contributed by atoms with van der Waals surface area (Å²) in [7, 11) is 2.11. The van der Waals surface area contributed by atoms with Crippen LogP contribution >= 0.6 is 22.9 Å². The molecule has 5 heteroatoms. The van der Waals surface area contributed by atoms with E-state index in [0.717, 1.165) is 40.7 Å². The summed E-state index contributed by atoms with van der Waals surface area (Å²) in [6.07, 6.45) is 1.83. The van der Waals surface area contributed by atoms with Crippen LogP contribution in [0.2, 0.25) is 5.02 Å². The molecule has 0 saturated carbocycles. The van der Waals surface area contributed by atoms with Gasteiger partial charge in [-0.3, -0.25) is 4.90 Å². The standard InChI is InChI=1S/C16H16ClN3S/c1-20-7-6-11(9-18)8-15(20)14-10-21-16(19-14)12-2-4-13(17)5-3-12/h2-5,10-11,15H,6-8H2,1H3. The van der Waals surface area contributed by atoms with Crippen LogP contribution in [0.3, 0.4) is 0 Å². The molecule has 0 spiro atoms. The minimum atomic E-state index is 0.145. The fourth-order valence-corrected chi connectivity index (χ4v) is 3.71. The summed E-state index contributed by atoms with van der Waals surface area (Å²) in [5.74, 6) is 0.145. The number of rotatable bonds is 2. The van der Waals surface area contributed by atoms with Crippen LogP contribution in [-0.4, -0.2) is 23.5 Å². The van der Waals surface area contributed by atoms with E-state index in [9.17, 15) is 0 Å². The van der Waals surface area contributed by atoms with Gasteiger partial charge < -0.3 is 0 Å². The average Bonchev–Trinajstić information content (AvgIpc) is 2.98. The van der Waals surface area contributed by atoms with Crippen LogP contribution in [0.1, 0.15) is 24.6 Å². The van der Waals surface area contributed by atoms with Crippen molar-refractivity contribution in [1.82, 2.24) is 9.88 Å². The molecule has 2 aromatic rings. The second-order valence-electron chi connectivity index (χ2n) is 5.43. The van der Waals surface area contributed by atoms with Crippen molar-refractivity contribution in [2.75, 3.05) is 13.6 Å². The molecule has 2 unspecified atom stereocenters. The van der Waals surface area contributed by atoms with Crippen molar-refractivity contribution in [2.45, 2.75) is 18.9 Å². The molecular formula is C16H16ClN3S. The van der Waals surface area contributed by atoms with Crippen molar-refractivity contribution in [2.24, 2.45) is 5.92 Å². The first-order valence-electron chi connectivity index (χ1n) is 6.98. The number of hydrogen-bond donors (Lipinski definition) is 0. The lowest BCUT2D eigenvalue weighted by Crippen LogP contribution is -2.33. The molecule has 1 fully saturated rings. The minimum Gasteiger partial charge on any atom is -0.298 e. The summed E-state index contributed by atoms with van der Waals surface area (Å²) in [6, 6.07) is 10.4. The molecule has 3 rings (SSSR count).